The van der Waals surface area contributed by atoms with Crippen molar-refractivity contribution in [3.8, 4) is 11.1 Å². The van der Waals surface area contributed by atoms with Crippen molar-refractivity contribution in [2.75, 3.05) is 6.54 Å². The number of hydrogen-bond donors (Lipinski definition) is 2. The normalized spacial score (nSPS) is 12.3. The number of hydrogen-bond acceptors (Lipinski definition) is 3. The minimum Gasteiger partial charge on any atom is -0.328 e. The summed E-state index contributed by atoms with van der Waals surface area (Å²) < 4.78 is 2.05. The molecule has 3 rings (SSSR count). The molecule has 3 aromatic rings. The van der Waals surface area contributed by atoms with Gasteiger partial charge in [-0.2, -0.15) is 5.10 Å². The Morgan fingerprint density at radius 2 is 1.89 bits per heavy atom. The van der Waals surface area contributed by atoms with E-state index < -0.39 is 0 Å². The molecule has 142 valence electrons. The largest absolute Gasteiger partial charge is 0.328 e. The Morgan fingerprint density at radius 1 is 1.19 bits per heavy atom. The molecule has 1 unspecified atom stereocenters. The lowest BCUT2D eigenvalue weighted by Gasteiger charge is -2.15. The molecule has 0 aliphatic heterocycles. The van der Waals surface area contributed by atoms with E-state index in [0.29, 0.717) is 17.1 Å². The van der Waals surface area contributed by atoms with Gasteiger partial charge in [0.25, 0.3) is 5.56 Å². The molecule has 5 nitrogen and oxygen atoms in total. The van der Waals surface area contributed by atoms with E-state index in [4.69, 9.17) is 11.6 Å². The van der Waals surface area contributed by atoms with Gasteiger partial charge in [-0.15, -0.1) is 0 Å². The molecule has 0 saturated heterocycles. The Balaban J connectivity index is 1.69. The van der Waals surface area contributed by atoms with Crippen molar-refractivity contribution in [1.29, 1.82) is 0 Å². The third-order valence-corrected chi connectivity index (χ3v) is 5.27. The molecule has 1 atom stereocenters. The highest BCUT2D eigenvalue weighted by molar-refractivity contribution is 6.30. The topological polar surface area (TPSA) is 62.7 Å². The van der Waals surface area contributed by atoms with Crippen molar-refractivity contribution in [1.82, 2.24) is 20.1 Å². The fourth-order valence-electron chi connectivity index (χ4n) is 3.15. The number of nitrogens with one attached hydrogen (secondary N) is 2. The van der Waals surface area contributed by atoms with Gasteiger partial charge in [-0.25, -0.2) is 0 Å². The second-order valence-electron chi connectivity index (χ2n) is 6.97. The second kappa shape index (κ2) is 8.11. The maximum Gasteiger partial charge on any atom is 0.252 e. The summed E-state index contributed by atoms with van der Waals surface area (Å²) in [6.07, 6.45) is 1.73. The number of aromatic amines is 1. The highest BCUT2D eigenvalue weighted by Crippen LogP contribution is 2.21. The van der Waals surface area contributed by atoms with Crippen molar-refractivity contribution >= 4 is 11.6 Å². The molecule has 0 spiro atoms. The first-order valence-corrected chi connectivity index (χ1v) is 9.45. The van der Waals surface area contributed by atoms with Crippen LogP contribution < -0.4 is 10.9 Å². The van der Waals surface area contributed by atoms with Crippen LogP contribution in [0.1, 0.15) is 35.5 Å². The van der Waals surface area contributed by atoms with E-state index >= 15 is 0 Å². The molecule has 6 heteroatoms. The number of pyridine rings is 1. The molecule has 0 radical (unpaired) electrons. The standard InChI is InChI=1S/C21H25ClN4O/c1-13(26-16(4)14(2)15(3)25-26)10-23-11-19-9-18(12-24-21(19)27)17-5-7-20(22)8-6-17/h5-9,12-13,23H,10-11H2,1-4H3,(H,24,27). The van der Waals surface area contributed by atoms with Gasteiger partial charge in [0.1, 0.15) is 0 Å². The van der Waals surface area contributed by atoms with Gasteiger partial charge in [0.2, 0.25) is 0 Å². The Labute approximate surface area is 164 Å². The predicted molar refractivity (Wildman–Crippen MR) is 110 cm³/mol. The zero-order valence-electron chi connectivity index (χ0n) is 16.1. The Kier molecular flexibility index (Phi) is 5.82. The van der Waals surface area contributed by atoms with Crippen LogP contribution in [0.2, 0.25) is 5.02 Å². The molecule has 0 saturated carbocycles. The first-order valence-electron chi connectivity index (χ1n) is 9.07. The highest BCUT2D eigenvalue weighted by Gasteiger charge is 2.13. The van der Waals surface area contributed by atoms with Gasteiger partial charge >= 0.3 is 0 Å². The summed E-state index contributed by atoms with van der Waals surface area (Å²) >= 11 is 5.95. The second-order valence-corrected chi connectivity index (χ2v) is 7.41. The summed E-state index contributed by atoms with van der Waals surface area (Å²) in [5.74, 6) is 0. The molecule has 2 N–H and O–H groups in total. The highest BCUT2D eigenvalue weighted by atomic mass is 35.5. The quantitative estimate of drug-likeness (QED) is 0.670. The van der Waals surface area contributed by atoms with Crippen molar-refractivity contribution in [2.45, 2.75) is 40.3 Å². The van der Waals surface area contributed by atoms with E-state index in [2.05, 4.69) is 36.2 Å². The molecule has 2 heterocycles. The predicted octanol–water partition coefficient (Wildman–Crippen LogP) is 4.17. The van der Waals surface area contributed by atoms with Crippen LogP contribution in [-0.2, 0) is 6.54 Å². The fraction of sp³-hybridized carbons (Fsp3) is 0.333. The summed E-state index contributed by atoms with van der Waals surface area (Å²) in [6.45, 7) is 9.56. The Hall–Kier alpha value is -2.37. The molecule has 1 aromatic carbocycles. The van der Waals surface area contributed by atoms with Crippen molar-refractivity contribution in [3.05, 3.63) is 74.4 Å². The van der Waals surface area contributed by atoms with Crippen molar-refractivity contribution in [2.24, 2.45) is 0 Å². The fourth-order valence-corrected chi connectivity index (χ4v) is 3.27. The minimum atomic E-state index is -0.0742. The molecule has 0 aliphatic rings. The van der Waals surface area contributed by atoms with E-state index in [1.807, 2.05) is 41.9 Å². The van der Waals surface area contributed by atoms with Crippen LogP contribution in [0.3, 0.4) is 0 Å². The van der Waals surface area contributed by atoms with Gasteiger partial charge in [-0.1, -0.05) is 23.7 Å². The Morgan fingerprint density at radius 3 is 2.52 bits per heavy atom. The van der Waals surface area contributed by atoms with Gasteiger partial charge in [-0.05, 0) is 62.6 Å². The van der Waals surface area contributed by atoms with E-state index in [9.17, 15) is 4.79 Å². The van der Waals surface area contributed by atoms with Crippen LogP contribution in [-0.4, -0.2) is 21.3 Å². The van der Waals surface area contributed by atoms with Gasteiger partial charge in [0, 0.05) is 35.6 Å². The lowest BCUT2D eigenvalue weighted by Crippen LogP contribution is -2.27. The molecule has 0 bridgehead atoms. The lowest BCUT2D eigenvalue weighted by molar-refractivity contribution is 0.443. The van der Waals surface area contributed by atoms with Crippen LogP contribution in [0.25, 0.3) is 11.1 Å². The van der Waals surface area contributed by atoms with Gasteiger partial charge in [-0.3, -0.25) is 9.48 Å². The molecule has 0 fully saturated rings. The number of rotatable bonds is 6. The number of aryl methyl sites for hydroxylation is 1. The molecule has 27 heavy (non-hydrogen) atoms. The summed E-state index contributed by atoms with van der Waals surface area (Å²) in [6, 6.07) is 9.71. The number of benzene rings is 1. The molecule has 2 aromatic heterocycles. The van der Waals surface area contributed by atoms with Gasteiger partial charge in [0.15, 0.2) is 0 Å². The molecular formula is C21H25ClN4O. The lowest BCUT2D eigenvalue weighted by atomic mass is 10.1. The van der Waals surface area contributed by atoms with Crippen LogP contribution in [0.5, 0.6) is 0 Å². The summed E-state index contributed by atoms with van der Waals surface area (Å²) in [4.78, 5) is 15.0. The SMILES string of the molecule is Cc1nn(C(C)CNCc2cc(-c3ccc(Cl)cc3)c[nH]c2=O)c(C)c1C. The van der Waals surface area contributed by atoms with Crippen molar-refractivity contribution < 1.29 is 0 Å². The van der Waals surface area contributed by atoms with Gasteiger partial charge < -0.3 is 10.3 Å². The van der Waals surface area contributed by atoms with Crippen molar-refractivity contribution in [3.63, 3.8) is 0 Å². The maximum absolute atomic E-state index is 12.2. The van der Waals surface area contributed by atoms with E-state index in [0.717, 1.165) is 23.4 Å². The van der Waals surface area contributed by atoms with E-state index in [1.165, 1.54) is 11.3 Å². The zero-order chi connectivity index (χ0) is 19.6. The third-order valence-electron chi connectivity index (χ3n) is 5.02. The number of aromatic nitrogens is 3. The molecule has 0 aliphatic carbocycles. The first kappa shape index (κ1) is 19.4. The zero-order valence-corrected chi connectivity index (χ0v) is 16.9. The first-order chi connectivity index (χ1) is 12.9. The Bertz CT molecular complexity index is 988. The minimum absolute atomic E-state index is 0.0742. The number of nitrogens with zero attached hydrogens (tertiary/aromatic N) is 2. The van der Waals surface area contributed by atoms with E-state index in [-0.39, 0.29) is 11.6 Å². The summed E-state index contributed by atoms with van der Waals surface area (Å²) in [7, 11) is 0. The van der Waals surface area contributed by atoms with Crippen LogP contribution in [0.4, 0.5) is 0 Å². The molecule has 0 amide bonds. The van der Waals surface area contributed by atoms with Crippen LogP contribution in [0.15, 0.2) is 41.3 Å². The summed E-state index contributed by atoms with van der Waals surface area (Å²) in [5.41, 5.74) is 6.09. The van der Waals surface area contributed by atoms with Crippen LogP contribution >= 0.6 is 11.6 Å². The average Bonchev–Trinajstić information content (AvgIpc) is 2.91. The van der Waals surface area contributed by atoms with Gasteiger partial charge in [0.05, 0.1) is 11.7 Å². The van der Waals surface area contributed by atoms with Crippen LogP contribution in [0, 0.1) is 20.8 Å². The number of halogens is 1. The monoisotopic (exact) mass is 384 g/mol. The summed E-state index contributed by atoms with van der Waals surface area (Å²) in [5, 5.41) is 8.69. The maximum atomic E-state index is 12.2. The number of H-pyrrole nitrogens is 1. The average molecular weight is 385 g/mol. The third kappa shape index (κ3) is 4.31. The van der Waals surface area contributed by atoms with E-state index in [1.54, 1.807) is 6.20 Å². The molecular weight excluding hydrogens is 360 g/mol. The smallest absolute Gasteiger partial charge is 0.252 e.